The molecule has 172 valence electrons. The number of carbonyl (C=O) groups is 2. The number of urea groups is 1. The zero-order valence-corrected chi connectivity index (χ0v) is 20.0. The molecule has 0 radical (unpaired) electrons. The second-order valence-corrected chi connectivity index (χ2v) is 10.6. The summed E-state index contributed by atoms with van der Waals surface area (Å²) in [5.74, 6) is 0.875. The zero-order valence-electron chi connectivity index (χ0n) is 20.0. The quantitative estimate of drug-likeness (QED) is 0.637. The fraction of sp³-hybridized carbons (Fsp3) is 0.680. The van der Waals surface area contributed by atoms with E-state index < -0.39 is 6.04 Å². The van der Waals surface area contributed by atoms with Gasteiger partial charge < -0.3 is 20.3 Å². The Morgan fingerprint density at radius 2 is 1.84 bits per heavy atom. The predicted octanol–water partition coefficient (Wildman–Crippen LogP) is 5.05. The minimum absolute atomic E-state index is 0.0554. The van der Waals surface area contributed by atoms with E-state index in [-0.39, 0.29) is 34.7 Å². The first-order valence-corrected chi connectivity index (χ1v) is 11.7. The molecular formula is C25H39N3O3. The van der Waals surface area contributed by atoms with E-state index in [1.54, 1.807) is 12.1 Å². The second-order valence-electron chi connectivity index (χ2n) is 10.6. The van der Waals surface area contributed by atoms with E-state index in [0.29, 0.717) is 12.3 Å². The molecule has 1 aliphatic carbocycles. The van der Waals surface area contributed by atoms with Crippen LogP contribution in [0.3, 0.4) is 0 Å². The molecule has 1 saturated heterocycles. The molecule has 3 rings (SSSR count). The average Bonchev–Trinajstić information content (AvgIpc) is 2.95. The van der Waals surface area contributed by atoms with Crippen molar-refractivity contribution < 1.29 is 14.3 Å². The summed E-state index contributed by atoms with van der Waals surface area (Å²) < 4.78 is 5.44. The molecular weight excluding hydrogens is 390 g/mol. The van der Waals surface area contributed by atoms with Gasteiger partial charge >= 0.3 is 6.03 Å². The first-order valence-electron chi connectivity index (χ1n) is 11.7. The molecule has 1 aromatic carbocycles. The van der Waals surface area contributed by atoms with Gasteiger partial charge in [0.15, 0.2) is 0 Å². The zero-order chi connectivity index (χ0) is 22.8. The lowest BCUT2D eigenvalue weighted by atomic mass is 9.65. The fourth-order valence-electron chi connectivity index (χ4n) is 5.69. The number of likely N-dealkylation sites (tertiary alicyclic amines) is 1. The predicted molar refractivity (Wildman–Crippen MR) is 124 cm³/mol. The van der Waals surface area contributed by atoms with Crippen LogP contribution in [0.5, 0.6) is 5.75 Å². The van der Waals surface area contributed by atoms with E-state index in [1.807, 2.05) is 26.0 Å². The molecule has 0 aromatic heterocycles. The van der Waals surface area contributed by atoms with E-state index in [1.165, 1.54) is 0 Å². The molecule has 1 aromatic rings. The summed E-state index contributed by atoms with van der Waals surface area (Å²) in [6, 6.07) is 6.64. The number of hydrogen-bond acceptors (Lipinski definition) is 3. The summed E-state index contributed by atoms with van der Waals surface area (Å²) >= 11 is 0. The maximum absolute atomic E-state index is 13.6. The van der Waals surface area contributed by atoms with Gasteiger partial charge in [-0.1, -0.05) is 41.0 Å². The SMILES string of the molecule is CCOc1ccc(NC(=O)NC(C(=O)N2CC3(C)CC2CC(C)(C)C3)C(C)CC)cc1. The third-order valence-electron chi connectivity index (χ3n) is 6.89. The highest BCUT2D eigenvalue weighted by Crippen LogP contribution is 2.52. The van der Waals surface area contributed by atoms with Gasteiger partial charge in [-0.2, -0.15) is 0 Å². The van der Waals surface area contributed by atoms with Crippen LogP contribution in [0, 0.1) is 16.7 Å². The van der Waals surface area contributed by atoms with Crippen molar-refractivity contribution in [3.05, 3.63) is 24.3 Å². The van der Waals surface area contributed by atoms with Crippen LogP contribution < -0.4 is 15.4 Å². The largest absolute Gasteiger partial charge is 0.494 e. The van der Waals surface area contributed by atoms with Crippen LogP contribution in [0.4, 0.5) is 10.5 Å². The Kier molecular flexibility index (Phi) is 6.87. The Balaban J connectivity index is 1.69. The fourth-order valence-corrected chi connectivity index (χ4v) is 5.69. The van der Waals surface area contributed by atoms with E-state index in [9.17, 15) is 9.59 Å². The molecule has 4 unspecified atom stereocenters. The van der Waals surface area contributed by atoms with Crippen molar-refractivity contribution in [2.75, 3.05) is 18.5 Å². The van der Waals surface area contributed by atoms with Gasteiger partial charge in [0, 0.05) is 18.3 Å². The van der Waals surface area contributed by atoms with E-state index in [2.05, 4.69) is 43.2 Å². The van der Waals surface area contributed by atoms with Gasteiger partial charge in [0.1, 0.15) is 11.8 Å². The molecule has 2 N–H and O–H groups in total. The maximum atomic E-state index is 13.6. The molecule has 2 bridgehead atoms. The maximum Gasteiger partial charge on any atom is 0.319 e. The van der Waals surface area contributed by atoms with Crippen molar-refractivity contribution in [2.24, 2.45) is 16.7 Å². The first kappa shape index (κ1) is 23.4. The van der Waals surface area contributed by atoms with E-state index >= 15 is 0 Å². The normalized spacial score (nSPS) is 26.1. The summed E-state index contributed by atoms with van der Waals surface area (Å²) in [5, 5.41) is 5.83. The van der Waals surface area contributed by atoms with Gasteiger partial charge in [0.2, 0.25) is 5.91 Å². The Labute approximate surface area is 187 Å². The standard InChI is InChI=1S/C25H39N3O3/c1-7-17(3)21(27-23(30)26-18-9-11-20(12-10-18)31-8-2)22(29)28-16-25(6)14-19(28)13-24(4,5)15-25/h9-12,17,19,21H,7-8,13-16H2,1-6H3,(H2,26,27,30). The molecule has 3 amide bonds. The summed E-state index contributed by atoms with van der Waals surface area (Å²) in [5.41, 5.74) is 1.09. The molecule has 0 spiro atoms. The number of anilines is 1. The van der Waals surface area contributed by atoms with Gasteiger partial charge in [0.05, 0.1) is 6.61 Å². The molecule has 2 aliphatic rings. The highest BCUT2D eigenvalue weighted by Gasteiger charge is 2.52. The molecule has 2 fully saturated rings. The average molecular weight is 430 g/mol. The van der Waals surface area contributed by atoms with Gasteiger partial charge in [0.25, 0.3) is 0 Å². The highest BCUT2D eigenvalue weighted by atomic mass is 16.5. The molecule has 4 atom stereocenters. The molecule has 1 aliphatic heterocycles. The number of carbonyl (C=O) groups excluding carboxylic acids is 2. The van der Waals surface area contributed by atoms with Crippen LogP contribution in [0.25, 0.3) is 0 Å². The summed E-state index contributed by atoms with van der Waals surface area (Å²) in [4.78, 5) is 28.4. The third-order valence-corrected chi connectivity index (χ3v) is 6.89. The van der Waals surface area contributed by atoms with Gasteiger partial charge in [-0.3, -0.25) is 4.79 Å². The van der Waals surface area contributed by atoms with Crippen LogP contribution in [0.1, 0.15) is 67.2 Å². The number of benzene rings is 1. The van der Waals surface area contributed by atoms with Crippen molar-refractivity contribution in [1.29, 1.82) is 0 Å². The lowest BCUT2D eigenvalue weighted by molar-refractivity contribution is -0.135. The van der Waals surface area contributed by atoms with Gasteiger partial charge in [-0.25, -0.2) is 4.79 Å². The highest BCUT2D eigenvalue weighted by molar-refractivity contribution is 5.94. The molecule has 1 saturated carbocycles. The van der Waals surface area contributed by atoms with Crippen molar-refractivity contribution in [3.63, 3.8) is 0 Å². The number of rotatable bonds is 7. The number of nitrogens with zero attached hydrogens (tertiary/aromatic N) is 1. The first-order chi connectivity index (χ1) is 14.6. The Morgan fingerprint density at radius 1 is 1.16 bits per heavy atom. The summed E-state index contributed by atoms with van der Waals surface area (Å²) in [6.45, 7) is 14.3. The lowest BCUT2D eigenvalue weighted by Gasteiger charge is -2.39. The van der Waals surface area contributed by atoms with Crippen molar-refractivity contribution in [3.8, 4) is 5.75 Å². The second kappa shape index (κ2) is 9.09. The molecule has 1 heterocycles. The van der Waals surface area contributed by atoms with Crippen molar-refractivity contribution in [1.82, 2.24) is 10.2 Å². The van der Waals surface area contributed by atoms with Crippen LogP contribution in [0.2, 0.25) is 0 Å². The minimum Gasteiger partial charge on any atom is -0.494 e. The number of hydrogen-bond donors (Lipinski definition) is 2. The Hall–Kier alpha value is -2.24. The number of amides is 3. The van der Waals surface area contributed by atoms with Gasteiger partial charge in [-0.15, -0.1) is 0 Å². The van der Waals surface area contributed by atoms with Crippen LogP contribution in [-0.4, -0.2) is 42.1 Å². The van der Waals surface area contributed by atoms with E-state index in [0.717, 1.165) is 38.0 Å². The van der Waals surface area contributed by atoms with Gasteiger partial charge in [-0.05, 0) is 67.2 Å². The van der Waals surface area contributed by atoms with Crippen LogP contribution >= 0.6 is 0 Å². The van der Waals surface area contributed by atoms with Crippen LogP contribution in [-0.2, 0) is 4.79 Å². The molecule has 6 nitrogen and oxygen atoms in total. The molecule has 31 heavy (non-hydrogen) atoms. The number of nitrogens with one attached hydrogen (secondary N) is 2. The smallest absolute Gasteiger partial charge is 0.319 e. The summed E-state index contributed by atoms with van der Waals surface area (Å²) in [7, 11) is 0. The van der Waals surface area contributed by atoms with Crippen molar-refractivity contribution >= 4 is 17.6 Å². The monoisotopic (exact) mass is 429 g/mol. The van der Waals surface area contributed by atoms with Crippen molar-refractivity contribution in [2.45, 2.75) is 79.3 Å². The summed E-state index contributed by atoms with van der Waals surface area (Å²) in [6.07, 6.45) is 4.05. The van der Waals surface area contributed by atoms with E-state index in [4.69, 9.17) is 4.74 Å². The lowest BCUT2D eigenvalue weighted by Crippen LogP contribution is -2.54. The Morgan fingerprint density at radius 3 is 2.45 bits per heavy atom. The molecule has 6 heteroatoms. The minimum atomic E-state index is -0.529. The number of fused-ring (bicyclic) bond motifs is 2. The Bertz CT molecular complexity index is 792. The third kappa shape index (κ3) is 5.52. The topological polar surface area (TPSA) is 70.7 Å². The van der Waals surface area contributed by atoms with Crippen LogP contribution in [0.15, 0.2) is 24.3 Å². The number of ether oxygens (including phenoxy) is 1.